The van der Waals surface area contributed by atoms with Crippen LogP contribution in [-0.2, 0) is 16.0 Å². The van der Waals surface area contributed by atoms with Gasteiger partial charge in [-0.25, -0.2) is 4.98 Å². The molecule has 1 aromatic rings. The van der Waals surface area contributed by atoms with Crippen LogP contribution in [0.25, 0.3) is 0 Å². The Balaban J connectivity index is 2.37. The molecule has 0 saturated carbocycles. The summed E-state index contributed by atoms with van der Waals surface area (Å²) < 4.78 is 4.74. The molecule has 0 unspecified atom stereocenters. The number of hydrogen-bond acceptors (Lipinski definition) is 4. The Morgan fingerprint density at radius 1 is 1.82 bits per heavy atom. The lowest BCUT2D eigenvalue weighted by atomic mass is 10.4. The second-order valence-corrected chi connectivity index (χ2v) is 2.89. The highest BCUT2D eigenvalue weighted by Gasteiger charge is 2.04. The van der Waals surface area contributed by atoms with Crippen molar-refractivity contribution in [3.05, 3.63) is 16.6 Å². The van der Waals surface area contributed by atoms with Crippen molar-refractivity contribution in [3.63, 3.8) is 0 Å². The smallest absolute Gasteiger partial charge is 0.312 e. The molecule has 0 N–H and O–H groups in total. The normalized spacial score (nSPS) is 9.55. The molecular formula is C7H9NO2S. The third kappa shape index (κ3) is 2.67. The van der Waals surface area contributed by atoms with Crippen molar-refractivity contribution in [1.82, 2.24) is 4.98 Å². The maximum absolute atomic E-state index is 10.9. The number of thiazole rings is 1. The summed E-state index contributed by atoms with van der Waals surface area (Å²) in [5.41, 5.74) is 0. The van der Waals surface area contributed by atoms with E-state index in [0.717, 1.165) is 5.01 Å². The standard InChI is InChI=1S/C7H9NO2S/c1-2-10-7(9)5-6-8-3-4-11-6/h3-4H,2,5H2,1H3. The lowest BCUT2D eigenvalue weighted by Crippen LogP contribution is -2.06. The van der Waals surface area contributed by atoms with Gasteiger partial charge < -0.3 is 4.74 Å². The van der Waals surface area contributed by atoms with Gasteiger partial charge in [0.1, 0.15) is 5.01 Å². The van der Waals surface area contributed by atoms with E-state index in [0.29, 0.717) is 13.0 Å². The van der Waals surface area contributed by atoms with Crippen LogP contribution in [0.4, 0.5) is 0 Å². The van der Waals surface area contributed by atoms with Gasteiger partial charge in [-0.05, 0) is 6.92 Å². The van der Waals surface area contributed by atoms with Crippen LogP contribution in [0.1, 0.15) is 11.9 Å². The summed E-state index contributed by atoms with van der Waals surface area (Å²) in [4.78, 5) is 14.8. The zero-order valence-corrected chi connectivity index (χ0v) is 7.06. The predicted octanol–water partition coefficient (Wildman–Crippen LogP) is 1.25. The molecule has 1 aromatic heterocycles. The maximum Gasteiger partial charge on any atom is 0.312 e. The zero-order chi connectivity index (χ0) is 8.10. The molecule has 60 valence electrons. The van der Waals surface area contributed by atoms with Crippen LogP contribution in [0.5, 0.6) is 0 Å². The fourth-order valence-corrected chi connectivity index (χ4v) is 1.28. The highest BCUT2D eigenvalue weighted by molar-refractivity contribution is 7.09. The van der Waals surface area contributed by atoms with E-state index in [-0.39, 0.29) is 5.97 Å². The fraction of sp³-hybridized carbons (Fsp3) is 0.429. The number of nitrogens with zero attached hydrogens (tertiary/aromatic N) is 1. The van der Waals surface area contributed by atoms with Gasteiger partial charge >= 0.3 is 5.97 Å². The van der Waals surface area contributed by atoms with Gasteiger partial charge in [0, 0.05) is 11.6 Å². The molecule has 0 radical (unpaired) electrons. The van der Waals surface area contributed by atoms with Crippen molar-refractivity contribution in [1.29, 1.82) is 0 Å². The summed E-state index contributed by atoms with van der Waals surface area (Å²) in [7, 11) is 0. The average molecular weight is 171 g/mol. The Morgan fingerprint density at radius 2 is 2.64 bits per heavy atom. The average Bonchev–Trinajstić information content (AvgIpc) is 2.40. The highest BCUT2D eigenvalue weighted by atomic mass is 32.1. The van der Waals surface area contributed by atoms with E-state index in [9.17, 15) is 4.79 Å². The van der Waals surface area contributed by atoms with E-state index >= 15 is 0 Å². The quantitative estimate of drug-likeness (QED) is 0.642. The van der Waals surface area contributed by atoms with Gasteiger partial charge in [-0.3, -0.25) is 4.79 Å². The Kier molecular flexibility index (Phi) is 3.04. The van der Waals surface area contributed by atoms with Crippen LogP contribution in [-0.4, -0.2) is 17.6 Å². The molecule has 0 amide bonds. The molecule has 0 atom stereocenters. The van der Waals surface area contributed by atoms with Crippen molar-refractivity contribution in [2.45, 2.75) is 13.3 Å². The molecule has 0 saturated heterocycles. The van der Waals surface area contributed by atoms with Crippen molar-refractivity contribution >= 4 is 17.3 Å². The van der Waals surface area contributed by atoms with Crippen molar-refractivity contribution in [2.24, 2.45) is 0 Å². The summed E-state index contributed by atoms with van der Waals surface area (Å²) in [6, 6.07) is 0. The third-order valence-corrected chi connectivity index (χ3v) is 1.86. The molecule has 0 fully saturated rings. The number of esters is 1. The van der Waals surface area contributed by atoms with Gasteiger partial charge in [0.05, 0.1) is 13.0 Å². The number of aromatic nitrogens is 1. The first-order valence-corrected chi connectivity index (χ1v) is 4.25. The molecule has 0 bridgehead atoms. The Hall–Kier alpha value is -0.900. The first kappa shape index (κ1) is 8.20. The largest absolute Gasteiger partial charge is 0.466 e. The summed E-state index contributed by atoms with van der Waals surface area (Å²) in [6.45, 7) is 2.23. The van der Waals surface area contributed by atoms with E-state index in [4.69, 9.17) is 4.74 Å². The van der Waals surface area contributed by atoms with Gasteiger partial charge in [-0.2, -0.15) is 0 Å². The monoisotopic (exact) mass is 171 g/mol. The summed E-state index contributed by atoms with van der Waals surface area (Å²) >= 11 is 1.47. The van der Waals surface area contributed by atoms with Gasteiger partial charge in [-0.1, -0.05) is 0 Å². The van der Waals surface area contributed by atoms with Crippen LogP contribution in [0, 0.1) is 0 Å². The lowest BCUT2D eigenvalue weighted by molar-refractivity contribution is -0.142. The molecule has 0 aliphatic rings. The Bertz CT molecular complexity index is 220. The molecule has 1 rings (SSSR count). The van der Waals surface area contributed by atoms with Gasteiger partial charge in [0.2, 0.25) is 0 Å². The fourth-order valence-electron chi connectivity index (χ4n) is 0.676. The molecule has 0 aromatic carbocycles. The lowest BCUT2D eigenvalue weighted by Gasteiger charge is -1.97. The van der Waals surface area contributed by atoms with E-state index in [1.54, 1.807) is 13.1 Å². The third-order valence-electron chi connectivity index (χ3n) is 1.08. The zero-order valence-electron chi connectivity index (χ0n) is 6.24. The van der Waals surface area contributed by atoms with E-state index in [1.807, 2.05) is 5.38 Å². The van der Waals surface area contributed by atoms with Gasteiger partial charge in [0.25, 0.3) is 0 Å². The first-order valence-electron chi connectivity index (χ1n) is 3.37. The molecule has 0 aliphatic heterocycles. The second-order valence-electron chi connectivity index (χ2n) is 1.91. The molecule has 0 aliphatic carbocycles. The predicted molar refractivity (Wildman–Crippen MR) is 42.5 cm³/mol. The molecular weight excluding hydrogens is 162 g/mol. The van der Waals surface area contributed by atoms with Gasteiger partial charge in [-0.15, -0.1) is 11.3 Å². The van der Waals surface area contributed by atoms with Crippen LogP contribution in [0.15, 0.2) is 11.6 Å². The number of rotatable bonds is 3. The minimum atomic E-state index is -0.206. The molecule has 3 nitrogen and oxygen atoms in total. The topological polar surface area (TPSA) is 39.2 Å². The summed E-state index contributed by atoms with van der Waals surface area (Å²) in [5, 5.41) is 2.65. The van der Waals surface area contributed by atoms with Crippen LogP contribution >= 0.6 is 11.3 Å². The van der Waals surface area contributed by atoms with Crippen molar-refractivity contribution < 1.29 is 9.53 Å². The Morgan fingerprint density at radius 3 is 3.18 bits per heavy atom. The van der Waals surface area contributed by atoms with E-state index < -0.39 is 0 Å². The van der Waals surface area contributed by atoms with Gasteiger partial charge in [0.15, 0.2) is 0 Å². The molecule has 1 heterocycles. The van der Waals surface area contributed by atoms with Crippen LogP contribution in [0.3, 0.4) is 0 Å². The van der Waals surface area contributed by atoms with E-state index in [2.05, 4.69) is 4.98 Å². The summed E-state index contributed by atoms with van der Waals surface area (Å²) in [6.07, 6.45) is 1.98. The molecule has 11 heavy (non-hydrogen) atoms. The van der Waals surface area contributed by atoms with Crippen LogP contribution in [0.2, 0.25) is 0 Å². The van der Waals surface area contributed by atoms with Crippen molar-refractivity contribution in [3.8, 4) is 0 Å². The number of ether oxygens (including phenoxy) is 1. The summed E-state index contributed by atoms with van der Waals surface area (Å²) in [5.74, 6) is -0.206. The first-order chi connectivity index (χ1) is 5.33. The van der Waals surface area contributed by atoms with Crippen LogP contribution < -0.4 is 0 Å². The second kappa shape index (κ2) is 4.08. The SMILES string of the molecule is CCOC(=O)Cc1nccs1. The highest BCUT2D eigenvalue weighted by Crippen LogP contribution is 2.04. The maximum atomic E-state index is 10.9. The van der Waals surface area contributed by atoms with Crippen molar-refractivity contribution in [2.75, 3.05) is 6.61 Å². The number of carbonyl (C=O) groups is 1. The number of carbonyl (C=O) groups excluding carboxylic acids is 1. The molecule has 0 spiro atoms. The minimum absolute atomic E-state index is 0.206. The van der Waals surface area contributed by atoms with E-state index in [1.165, 1.54) is 11.3 Å². The Labute approximate surface area is 69.0 Å². The number of hydrogen-bond donors (Lipinski definition) is 0. The minimum Gasteiger partial charge on any atom is -0.466 e. The molecule has 4 heteroatoms.